The molecule has 0 heterocycles. The summed E-state index contributed by atoms with van der Waals surface area (Å²) in [5.41, 5.74) is 1.17. The van der Waals surface area contributed by atoms with Gasteiger partial charge in [-0.2, -0.15) is 0 Å². The SMILES string of the molecule is O=C(N[C@H](NC(=S)Nc1ccccc1)C(Cl)(Cl)Cl)c1ccccc1Br. The van der Waals surface area contributed by atoms with Crippen LogP contribution >= 0.6 is 63.0 Å². The molecule has 132 valence electrons. The fourth-order valence-corrected chi connectivity index (χ4v) is 2.90. The molecule has 0 aliphatic carbocycles. The van der Waals surface area contributed by atoms with Crippen molar-refractivity contribution in [3.8, 4) is 0 Å². The standard InChI is InChI=1S/C16H13BrCl3N3OS/c17-12-9-5-4-8-11(12)13(24)22-14(16(18,19)20)23-15(25)21-10-6-2-1-3-7-10/h1-9,14H,(H,22,24)(H2,21,23,25)/t14-/m1/s1. The number of alkyl halides is 3. The Morgan fingerprint density at radius 1 is 1.00 bits per heavy atom. The maximum absolute atomic E-state index is 12.4. The predicted molar refractivity (Wildman–Crippen MR) is 111 cm³/mol. The molecule has 0 saturated heterocycles. The van der Waals surface area contributed by atoms with Crippen molar-refractivity contribution in [3.63, 3.8) is 0 Å². The van der Waals surface area contributed by atoms with Crippen LogP contribution < -0.4 is 16.0 Å². The number of amides is 1. The zero-order chi connectivity index (χ0) is 18.4. The van der Waals surface area contributed by atoms with Crippen LogP contribution in [0.4, 0.5) is 5.69 Å². The topological polar surface area (TPSA) is 53.2 Å². The van der Waals surface area contributed by atoms with Gasteiger partial charge in [0, 0.05) is 10.2 Å². The van der Waals surface area contributed by atoms with E-state index in [0.29, 0.717) is 10.0 Å². The summed E-state index contributed by atoms with van der Waals surface area (Å²) in [6.45, 7) is 0. The second kappa shape index (κ2) is 9.05. The summed E-state index contributed by atoms with van der Waals surface area (Å²) in [6, 6.07) is 16.2. The number of rotatable bonds is 4. The number of carbonyl (C=O) groups excluding carboxylic acids is 1. The average molecular weight is 482 g/mol. The summed E-state index contributed by atoms with van der Waals surface area (Å²) in [6.07, 6.45) is -1.04. The quantitative estimate of drug-likeness (QED) is 0.332. The first-order valence-corrected chi connectivity index (χ1v) is 9.35. The van der Waals surface area contributed by atoms with E-state index in [9.17, 15) is 4.79 Å². The molecule has 2 aromatic carbocycles. The molecule has 0 fully saturated rings. The van der Waals surface area contributed by atoms with Crippen molar-refractivity contribution in [3.05, 3.63) is 64.6 Å². The second-order valence-electron chi connectivity index (χ2n) is 4.89. The van der Waals surface area contributed by atoms with Crippen LogP contribution in [0.2, 0.25) is 0 Å². The average Bonchev–Trinajstić information content (AvgIpc) is 2.54. The zero-order valence-electron chi connectivity index (χ0n) is 12.6. The van der Waals surface area contributed by atoms with Crippen molar-refractivity contribution >= 4 is 79.7 Å². The molecule has 0 bridgehead atoms. The van der Waals surface area contributed by atoms with E-state index >= 15 is 0 Å². The Balaban J connectivity index is 2.08. The molecule has 1 atom stereocenters. The van der Waals surface area contributed by atoms with E-state index in [1.54, 1.807) is 24.3 Å². The van der Waals surface area contributed by atoms with E-state index in [0.717, 1.165) is 5.69 Å². The first-order valence-electron chi connectivity index (χ1n) is 7.02. The van der Waals surface area contributed by atoms with Crippen LogP contribution in [0.1, 0.15) is 10.4 Å². The summed E-state index contributed by atoms with van der Waals surface area (Å²) in [4.78, 5) is 12.4. The van der Waals surface area contributed by atoms with Gasteiger partial charge in [-0.25, -0.2) is 0 Å². The zero-order valence-corrected chi connectivity index (χ0v) is 17.3. The minimum Gasteiger partial charge on any atom is -0.339 e. The molecule has 0 aromatic heterocycles. The Kier molecular flexibility index (Phi) is 7.34. The van der Waals surface area contributed by atoms with Crippen molar-refractivity contribution in [2.45, 2.75) is 9.96 Å². The van der Waals surface area contributed by atoms with Crippen LogP contribution in [0.15, 0.2) is 59.1 Å². The van der Waals surface area contributed by atoms with Crippen molar-refractivity contribution in [1.82, 2.24) is 10.6 Å². The maximum atomic E-state index is 12.4. The van der Waals surface area contributed by atoms with Crippen LogP contribution in [-0.2, 0) is 0 Å². The number of anilines is 1. The van der Waals surface area contributed by atoms with Crippen LogP contribution in [0.5, 0.6) is 0 Å². The van der Waals surface area contributed by atoms with E-state index in [4.69, 9.17) is 47.0 Å². The van der Waals surface area contributed by atoms with Gasteiger partial charge in [-0.1, -0.05) is 65.1 Å². The highest BCUT2D eigenvalue weighted by atomic mass is 79.9. The number of carbonyl (C=O) groups is 1. The number of thiocarbonyl (C=S) groups is 1. The minimum absolute atomic E-state index is 0.204. The van der Waals surface area contributed by atoms with E-state index < -0.39 is 15.9 Å². The van der Waals surface area contributed by atoms with Gasteiger partial charge in [0.15, 0.2) is 5.11 Å². The summed E-state index contributed by atoms with van der Waals surface area (Å²) in [5, 5.41) is 8.59. The molecule has 9 heteroatoms. The van der Waals surface area contributed by atoms with Gasteiger partial charge in [-0.15, -0.1) is 0 Å². The third kappa shape index (κ3) is 6.31. The number of benzene rings is 2. The number of para-hydroxylation sites is 1. The van der Waals surface area contributed by atoms with Crippen LogP contribution in [0.25, 0.3) is 0 Å². The third-order valence-electron chi connectivity index (χ3n) is 3.03. The van der Waals surface area contributed by atoms with Gasteiger partial charge in [-0.05, 0) is 52.4 Å². The van der Waals surface area contributed by atoms with Crippen molar-refractivity contribution in [2.24, 2.45) is 0 Å². The smallest absolute Gasteiger partial charge is 0.254 e. The molecule has 0 aliphatic heterocycles. The lowest BCUT2D eigenvalue weighted by atomic mass is 10.2. The molecule has 0 spiro atoms. The highest BCUT2D eigenvalue weighted by Crippen LogP contribution is 2.29. The fraction of sp³-hybridized carbons (Fsp3) is 0.125. The van der Waals surface area contributed by atoms with Gasteiger partial charge in [-0.3, -0.25) is 4.79 Å². The van der Waals surface area contributed by atoms with E-state index in [1.807, 2.05) is 30.3 Å². The van der Waals surface area contributed by atoms with E-state index in [1.165, 1.54) is 0 Å². The van der Waals surface area contributed by atoms with Crippen molar-refractivity contribution in [1.29, 1.82) is 0 Å². The molecule has 3 N–H and O–H groups in total. The Hall–Kier alpha value is -1.05. The van der Waals surface area contributed by atoms with Gasteiger partial charge in [0.05, 0.1) is 5.56 Å². The minimum atomic E-state index is -1.82. The number of halogens is 4. The molecular formula is C16H13BrCl3N3OS. The number of hydrogen-bond acceptors (Lipinski definition) is 2. The highest BCUT2D eigenvalue weighted by molar-refractivity contribution is 9.10. The van der Waals surface area contributed by atoms with Crippen molar-refractivity contribution in [2.75, 3.05) is 5.32 Å². The van der Waals surface area contributed by atoms with Crippen LogP contribution in [-0.4, -0.2) is 21.0 Å². The van der Waals surface area contributed by atoms with Gasteiger partial charge >= 0.3 is 0 Å². The monoisotopic (exact) mass is 479 g/mol. The van der Waals surface area contributed by atoms with E-state index in [-0.39, 0.29) is 5.11 Å². The second-order valence-corrected chi connectivity index (χ2v) is 8.52. The predicted octanol–water partition coefficient (Wildman–Crippen LogP) is 4.86. The molecule has 4 nitrogen and oxygen atoms in total. The van der Waals surface area contributed by atoms with Gasteiger partial charge in [0.2, 0.25) is 3.79 Å². The van der Waals surface area contributed by atoms with Crippen LogP contribution in [0.3, 0.4) is 0 Å². The Bertz CT molecular complexity index is 756. The lowest BCUT2D eigenvalue weighted by Crippen LogP contribution is -2.56. The summed E-state index contributed by atoms with van der Waals surface area (Å²) in [7, 11) is 0. The molecule has 0 saturated carbocycles. The molecule has 0 unspecified atom stereocenters. The van der Waals surface area contributed by atoms with E-state index in [2.05, 4.69) is 31.9 Å². The highest BCUT2D eigenvalue weighted by Gasteiger charge is 2.35. The molecule has 1 amide bonds. The number of nitrogens with one attached hydrogen (secondary N) is 3. The van der Waals surface area contributed by atoms with Gasteiger partial charge in [0.25, 0.3) is 5.91 Å². The maximum Gasteiger partial charge on any atom is 0.254 e. The summed E-state index contributed by atoms with van der Waals surface area (Å²) in [5.74, 6) is -0.418. The molecule has 25 heavy (non-hydrogen) atoms. The third-order valence-corrected chi connectivity index (χ3v) is 4.59. The Labute approximate surface area is 174 Å². The molecule has 0 aliphatic rings. The fourth-order valence-electron chi connectivity index (χ4n) is 1.87. The summed E-state index contributed by atoms with van der Waals surface area (Å²) < 4.78 is -1.19. The summed E-state index contributed by atoms with van der Waals surface area (Å²) >= 11 is 26.4. The van der Waals surface area contributed by atoms with Crippen LogP contribution in [0, 0.1) is 0 Å². The normalized spacial score (nSPS) is 12.2. The number of hydrogen-bond donors (Lipinski definition) is 3. The lowest BCUT2D eigenvalue weighted by Gasteiger charge is -2.28. The molecular weight excluding hydrogens is 469 g/mol. The van der Waals surface area contributed by atoms with Gasteiger partial charge < -0.3 is 16.0 Å². The first-order chi connectivity index (χ1) is 11.8. The molecule has 2 aromatic rings. The lowest BCUT2D eigenvalue weighted by molar-refractivity contribution is 0.0934. The molecule has 2 rings (SSSR count). The Morgan fingerprint density at radius 2 is 1.60 bits per heavy atom. The van der Waals surface area contributed by atoms with Crippen molar-refractivity contribution < 1.29 is 4.79 Å². The molecule has 0 radical (unpaired) electrons. The Morgan fingerprint density at radius 3 is 2.20 bits per heavy atom. The largest absolute Gasteiger partial charge is 0.339 e. The first kappa shape index (κ1) is 20.3. The van der Waals surface area contributed by atoms with Gasteiger partial charge in [0.1, 0.15) is 6.17 Å².